The van der Waals surface area contributed by atoms with Crippen molar-refractivity contribution < 1.29 is 0 Å². The Morgan fingerprint density at radius 2 is 1.84 bits per heavy atom. The van der Waals surface area contributed by atoms with Gasteiger partial charge in [-0.3, -0.25) is 18.3 Å². The predicted molar refractivity (Wildman–Crippen MR) is 120 cm³/mol. The molecule has 31 heavy (non-hydrogen) atoms. The number of hydrogen-bond donors (Lipinski definition) is 0. The third-order valence-electron chi connectivity index (χ3n) is 6.22. The monoisotopic (exact) mass is 436 g/mol. The van der Waals surface area contributed by atoms with Crippen LogP contribution >= 0.6 is 11.8 Å². The zero-order valence-electron chi connectivity index (χ0n) is 17.4. The fourth-order valence-corrected chi connectivity index (χ4v) is 5.36. The predicted octanol–water partition coefficient (Wildman–Crippen LogP) is 2.79. The van der Waals surface area contributed by atoms with Crippen LogP contribution in [0.3, 0.4) is 0 Å². The molecule has 1 aliphatic carbocycles. The van der Waals surface area contributed by atoms with E-state index in [1.54, 1.807) is 23.4 Å². The first-order chi connectivity index (χ1) is 15.2. The van der Waals surface area contributed by atoms with E-state index in [0.29, 0.717) is 23.0 Å². The fourth-order valence-electron chi connectivity index (χ4n) is 4.44. The van der Waals surface area contributed by atoms with E-state index >= 15 is 0 Å². The van der Waals surface area contributed by atoms with Crippen LogP contribution < -0.4 is 10.5 Å². The van der Waals surface area contributed by atoms with Gasteiger partial charge in [0.15, 0.2) is 5.16 Å². The lowest BCUT2D eigenvalue weighted by molar-refractivity contribution is 0.548. The van der Waals surface area contributed by atoms with E-state index < -0.39 is 0 Å². The van der Waals surface area contributed by atoms with Crippen molar-refractivity contribution in [2.45, 2.75) is 49.1 Å². The van der Waals surface area contributed by atoms with E-state index in [0.717, 1.165) is 35.5 Å². The number of thioether (sulfide) groups is 1. The maximum atomic E-state index is 12.7. The minimum absolute atomic E-state index is 0.0608. The third kappa shape index (κ3) is 3.12. The van der Waals surface area contributed by atoms with E-state index in [1.807, 2.05) is 28.7 Å². The second-order valence-corrected chi connectivity index (χ2v) is 9.30. The molecule has 1 saturated heterocycles. The molecule has 1 aliphatic heterocycles. The molecule has 2 fully saturated rings. The van der Waals surface area contributed by atoms with Crippen LogP contribution in [0.1, 0.15) is 44.0 Å². The van der Waals surface area contributed by atoms with E-state index in [2.05, 4.69) is 29.9 Å². The molecule has 0 bridgehead atoms. The molecule has 0 unspecified atom stereocenters. The number of piperidine rings is 1. The molecule has 160 valence electrons. The van der Waals surface area contributed by atoms with Crippen LogP contribution in [0.15, 0.2) is 34.2 Å². The molecule has 0 atom stereocenters. The van der Waals surface area contributed by atoms with Crippen molar-refractivity contribution in [3.05, 3.63) is 40.4 Å². The average Bonchev–Trinajstić information content (AvgIpc) is 3.41. The van der Waals surface area contributed by atoms with Gasteiger partial charge in [0.2, 0.25) is 11.7 Å². The standard InChI is InChI=1S/C21H24N8OS/c1-26-18(30)15-7-3-4-8-16(15)29-17(22-23-19(26)29)13-31-21-25-24-20(28(21)14-9-10-14)27-11-5-2-6-12-27/h3-4,7-8,14H,2,5-6,9-13H2,1H3. The van der Waals surface area contributed by atoms with Crippen molar-refractivity contribution >= 4 is 34.4 Å². The Hall–Kier alpha value is -2.88. The maximum Gasteiger partial charge on any atom is 0.262 e. The summed E-state index contributed by atoms with van der Waals surface area (Å²) in [7, 11) is 1.74. The minimum Gasteiger partial charge on any atom is -0.341 e. The molecule has 2 aliphatic rings. The Morgan fingerprint density at radius 1 is 1.03 bits per heavy atom. The first kappa shape index (κ1) is 18.9. The molecular formula is C21H24N8OS. The van der Waals surface area contributed by atoms with E-state index in [-0.39, 0.29) is 5.56 Å². The molecule has 3 aromatic heterocycles. The van der Waals surface area contributed by atoms with Gasteiger partial charge >= 0.3 is 0 Å². The summed E-state index contributed by atoms with van der Waals surface area (Å²) in [5.41, 5.74) is 0.771. The van der Waals surface area contributed by atoms with E-state index in [4.69, 9.17) is 0 Å². The van der Waals surface area contributed by atoms with Gasteiger partial charge in [0, 0.05) is 26.2 Å². The minimum atomic E-state index is -0.0608. The quantitative estimate of drug-likeness (QED) is 0.445. The second-order valence-electron chi connectivity index (χ2n) is 8.35. The Morgan fingerprint density at radius 3 is 2.65 bits per heavy atom. The lowest BCUT2D eigenvalue weighted by Crippen LogP contribution is -2.31. The van der Waals surface area contributed by atoms with Gasteiger partial charge in [-0.25, -0.2) is 0 Å². The zero-order valence-corrected chi connectivity index (χ0v) is 18.3. The lowest BCUT2D eigenvalue weighted by Gasteiger charge is -2.27. The van der Waals surface area contributed by atoms with Crippen molar-refractivity contribution in [1.82, 2.24) is 33.9 Å². The number of aryl methyl sites for hydroxylation is 1. The highest BCUT2D eigenvalue weighted by molar-refractivity contribution is 7.98. The smallest absolute Gasteiger partial charge is 0.262 e. The van der Waals surface area contributed by atoms with Crippen LogP contribution in [0.25, 0.3) is 16.7 Å². The Kier molecular flexibility index (Phi) is 4.48. The van der Waals surface area contributed by atoms with Crippen molar-refractivity contribution in [1.29, 1.82) is 0 Å². The summed E-state index contributed by atoms with van der Waals surface area (Å²) in [6, 6.07) is 8.12. The Bertz CT molecular complexity index is 1330. The van der Waals surface area contributed by atoms with Gasteiger partial charge in [-0.1, -0.05) is 23.9 Å². The van der Waals surface area contributed by atoms with Crippen molar-refractivity contribution in [3.63, 3.8) is 0 Å². The summed E-state index contributed by atoms with van der Waals surface area (Å²) in [5, 5.41) is 19.4. The summed E-state index contributed by atoms with van der Waals surface area (Å²) in [6.45, 7) is 2.12. The average molecular weight is 437 g/mol. The molecule has 1 saturated carbocycles. The van der Waals surface area contributed by atoms with Gasteiger partial charge in [0.1, 0.15) is 5.82 Å². The fraction of sp³-hybridized carbons (Fsp3) is 0.476. The molecular weight excluding hydrogens is 412 g/mol. The largest absolute Gasteiger partial charge is 0.341 e. The highest BCUT2D eigenvalue weighted by Crippen LogP contribution is 2.41. The number of anilines is 1. The first-order valence-corrected chi connectivity index (χ1v) is 11.9. The topological polar surface area (TPSA) is 86.1 Å². The van der Waals surface area contributed by atoms with Gasteiger partial charge in [0.25, 0.3) is 5.56 Å². The summed E-state index contributed by atoms with van der Waals surface area (Å²) in [5.74, 6) is 2.98. The number of para-hydroxylation sites is 1. The SMILES string of the molecule is Cn1c(=O)c2ccccc2n2c(CSc3nnc(N4CCCCC4)n3C3CC3)nnc12. The Labute approximate surface area is 183 Å². The van der Waals surface area contributed by atoms with Crippen LogP contribution in [0, 0.1) is 0 Å². The first-order valence-electron chi connectivity index (χ1n) is 10.9. The highest BCUT2D eigenvalue weighted by atomic mass is 32.2. The van der Waals surface area contributed by atoms with Crippen molar-refractivity contribution in [2.75, 3.05) is 18.0 Å². The number of nitrogens with zero attached hydrogens (tertiary/aromatic N) is 8. The van der Waals surface area contributed by atoms with Gasteiger partial charge in [-0.15, -0.1) is 20.4 Å². The van der Waals surface area contributed by atoms with Crippen LogP contribution in [-0.2, 0) is 12.8 Å². The van der Waals surface area contributed by atoms with Crippen molar-refractivity contribution in [2.24, 2.45) is 7.05 Å². The van der Waals surface area contributed by atoms with Crippen LogP contribution in [0.5, 0.6) is 0 Å². The van der Waals surface area contributed by atoms with Gasteiger partial charge in [0.05, 0.1) is 16.7 Å². The van der Waals surface area contributed by atoms with Gasteiger partial charge in [-0.2, -0.15) is 0 Å². The highest BCUT2D eigenvalue weighted by Gasteiger charge is 2.32. The summed E-state index contributed by atoms with van der Waals surface area (Å²) in [6.07, 6.45) is 6.11. The lowest BCUT2D eigenvalue weighted by atomic mass is 10.1. The second kappa shape index (κ2) is 7.37. The molecule has 0 N–H and O–H groups in total. The summed E-state index contributed by atoms with van der Waals surface area (Å²) >= 11 is 1.64. The van der Waals surface area contributed by atoms with E-state index in [9.17, 15) is 4.79 Å². The number of rotatable bonds is 5. The maximum absolute atomic E-state index is 12.7. The van der Waals surface area contributed by atoms with Crippen molar-refractivity contribution in [3.8, 4) is 0 Å². The third-order valence-corrected chi connectivity index (χ3v) is 7.16. The molecule has 9 nitrogen and oxygen atoms in total. The van der Waals surface area contributed by atoms with Crippen LogP contribution in [0.2, 0.25) is 0 Å². The molecule has 0 spiro atoms. The molecule has 6 rings (SSSR count). The molecule has 10 heteroatoms. The van der Waals surface area contributed by atoms with E-state index in [1.165, 1.54) is 32.1 Å². The number of aromatic nitrogens is 7. The van der Waals surface area contributed by atoms with Gasteiger partial charge < -0.3 is 4.90 Å². The number of benzene rings is 1. The van der Waals surface area contributed by atoms with Crippen LogP contribution in [-0.4, -0.2) is 47.0 Å². The zero-order chi connectivity index (χ0) is 20.9. The summed E-state index contributed by atoms with van der Waals surface area (Å²) < 4.78 is 5.87. The van der Waals surface area contributed by atoms with Crippen LogP contribution in [0.4, 0.5) is 5.95 Å². The molecule has 4 aromatic rings. The molecule has 0 amide bonds. The number of fused-ring (bicyclic) bond motifs is 3. The number of hydrogen-bond acceptors (Lipinski definition) is 7. The van der Waals surface area contributed by atoms with Gasteiger partial charge in [-0.05, 0) is 44.2 Å². The molecule has 4 heterocycles. The normalized spacial score (nSPS) is 17.1. The summed E-state index contributed by atoms with van der Waals surface area (Å²) in [4.78, 5) is 15.0. The Balaban J connectivity index is 1.36. The molecule has 1 aromatic carbocycles. The molecule has 0 radical (unpaired) electrons.